The van der Waals surface area contributed by atoms with Crippen molar-refractivity contribution in [2.75, 3.05) is 17.2 Å². The van der Waals surface area contributed by atoms with E-state index in [0.717, 1.165) is 17.3 Å². The van der Waals surface area contributed by atoms with Gasteiger partial charge in [-0.15, -0.1) is 11.8 Å². The van der Waals surface area contributed by atoms with E-state index in [1.807, 2.05) is 17.8 Å². The lowest BCUT2D eigenvalue weighted by molar-refractivity contribution is 0.454. The normalized spacial score (nSPS) is 24.4. The SMILES string of the molecule is Cc1ccc(/C=C/C23SCCN2c2ccc(Cl)cc2C3(C)C)cc1. The monoisotopic (exact) mass is 355 g/mol. The predicted octanol–water partition coefficient (Wildman–Crippen LogP) is 5.90. The molecule has 0 amide bonds. The molecule has 0 spiro atoms. The van der Waals surface area contributed by atoms with Gasteiger partial charge < -0.3 is 4.90 Å². The molecule has 2 aromatic carbocycles. The van der Waals surface area contributed by atoms with E-state index in [-0.39, 0.29) is 10.3 Å². The summed E-state index contributed by atoms with van der Waals surface area (Å²) in [6.07, 6.45) is 4.68. The zero-order valence-electron chi connectivity index (χ0n) is 14.3. The van der Waals surface area contributed by atoms with Crippen LogP contribution in [0.4, 0.5) is 5.69 Å². The van der Waals surface area contributed by atoms with E-state index < -0.39 is 0 Å². The van der Waals surface area contributed by atoms with Gasteiger partial charge in [0, 0.05) is 28.4 Å². The fraction of sp³-hybridized carbons (Fsp3) is 0.333. The number of hydrogen-bond donors (Lipinski definition) is 0. The Balaban J connectivity index is 1.79. The quantitative estimate of drug-likeness (QED) is 0.659. The van der Waals surface area contributed by atoms with Gasteiger partial charge in [0.05, 0.1) is 0 Å². The van der Waals surface area contributed by atoms with Crippen molar-refractivity contribution in [3.63, 3.8) is 0 Å². The highest BCUT2D eigenvalue weighted by atomic mass is 35.5. The smallest absolute Gasteiger partial charge is 0.114 e. The Bertz CT molecular complexity index is 809. The average Bonchev–Trinajstić information content (AvgIpc) is 3.05. The Morgan fingerprint density at radius 1 is 1.12 bits per heavy atom. The predicted molar refractivity (Wildman–Crippen MR) is 107 cm³/mol. The van der Waals surface area contributed by atoms with E-state index in [0.29, 0.717) is 0 Å². The highest BCUT2D eigenvalue weighted by molar-refractivity contribution is 8.01. The molecule has 124 valence electrons. The van der Waals surface area contributed by atoms with Crippen LogP contribution in [0.5, 0.6) is 0 Å². The van der Waals surface area contributed by atoms with Crippen molar-refractivity contribution in [2.45, 2.75) is 31.1 Å². The first kappa shape index (κ1) is 16.1. The Morgan fingerprint density at radius 3 is 2.62 bits per heavy atom. The Hall–Kier alpha value is -1.38. The molecule has 1 unspecified atom stereocenters. The van der Waals surface area contributed by atoms with Crippen molar-refractivity contribution < 1.29 is 0 Å². The molecule has 4 rings (SSSR count). The molecule has 2 aliphatic heterocycles. The van der Waals surface area contributed by atoms with Crippen LogP contribution in [0.3, 0.4) is 0 Å². The van der Waals surface area contributed by atoms with Gasteiger partial charge in [-0.05, 0) is 42.3 Å². The van der Waals surface area contributed by atoms with Gasteiger partial charge >= 0.3 is 0 Å². The second kappa shape index (κ2) is 5.57. The number of nitrogens with zero attached hydrogens (tertiary/aromatic N) is 1. The first-order valence-corrected chi connectivity index (χ1v) is 9.78. The lowest BCUT2D eigenvalue weighted by atomic mass is 9.79. The third kappa shape index (κ3) is 2.23. The number of anilines is 1. The molecule has 0 saturated carbocycles. The van der Waals surface area contributed by atoms with Crippen molar-refractivity contribution in [3.05, 3.63) is 70.3 Å². The van der Waals surface area contributed by atoms with Gasteiger partial charge in [0.2, 0.25) is 0 Å². The van der Waals surface area contributed by atoms with Gasteiger partial charge in [0.25, 0.3) is 0 Å². The number of halogens is 1. The van der Waals surface area contributed by atoms with E-state index >= 15 is 0 Å². The zero-order valence-corrected chi connectivity index (χ0v) is 15.9. The maximum atomic E-state index is 6.30. The summed E-state index contributed by atoms with van der Waals surface area (Å²) < 4.78 is 0. The Labute approximate surface area is 153 Å². The van der Waals surface area contributed by atoms with Gasteiger partial charge in [0.15, 0.2) is 0 Å². The van der Waals surface area contributed by atoms with Gasteiger partial charge in [-0.25, -0.2) is 0 Å². The second-order valence-electron chi connectivity index (χ2n) is 7.23. The van der Waals surface area contributed by atoms with Crippen LogP contribution in [0, 0.1) is 6.92 Å². The highest BCUT2D eigenvalue weighted by Gasteiger charge is 2.58. The number of aryl methyl sites for hydroxylation is 1. The Morgan fingerprint density at radius 2 is 1.88 bits per heavy atom. The van der Waals surface area contributed by atoms with Crippen LogP contribution in [-0.4, -0.2) is 17.2 Å². The van der Waals surface area contributed by atoms with E-state index in [4.69, 9.17) is 11.6 Å². The molecular formula is C21H22ClNS. The summed E-state index contributed by atoms with van der Waals surface area (Å²) in [5, 5.41) is 0.825. The summed E-state index contributed by atoms with van der Waals surface area (Å²) >= 11 is 8.35. The van der Waals surface area contributed by atoms with Crippen molar-refractivity contribution >= 4 is 35.1 Å². The van der Waals surface area contributed by atoms with E-state index in [1.54, 1.807) is 0 Å². The minimum Gasteiger partial charge on any atom is -0.352 e. The molecule has 2 aromatic rings. The highest BCUT2D eigenvalue weighted by Crippen LogP contribution is 2.60. The number of benzene rings is 2. The summed E-state index contributed by atoms with van der Waals surface area (Å²) in [4.78, 5) is 2.53. The summed E-state index contributed by atoms with van der Waals surface area (Å²) in [5.41, 5.74) is 5.26. The minimum atomic E-state index is -0.0368. The maximum absolute atomic E-state index is 6.30. The van der Waals surface area contributed by atoms with Crippen molar-refractivity contribution in [3.8, 4) is 0 Å². The Kier molecular flexibility index (Phi) is 3.74. The molecule has 2 heterocycles. The van der Waals surface area contributed by atoms with Gasteiger partial charge in [-0.1, -0.05) is 61.4 Å². The van der Waals surface area contributed by atoms with Crippen molar-refractivity contribution in [1.82, 2.24) is 0 Å². The first-order chi connectivity index (χ1) is 11.4. The molecule has 3 heteroatoms. The fourth-order valence-electron chi connectivity index (χ4n) is 4.02. The fourth-order valence-corrected chi connectivity index (χ4v) is 5.76. The number of thioether (sulfide) groups is 1. The maximum Gasteiger partial charge on any atom is 0.114 e. The number of hydrogen-bond acceptors (Lipinski definition) is 2. The third-order valence-corrected chi connectivity index (χ3v) is 7.36. The van der Waals surface area contributed by atoms with E-state index in [9.17, 15) is 0 Å². The molecule has 0 radical (unpaired) electrons. The molecule has 0 aromatic heterocycles. The molecule has 0 bridgehead atoms. The lowest BCUT2D eigenvalue weighted by Crippen LogP contribution is -2.48. The van der Waals surface area contributed by atoms with E-state index in [2.05, 4.69) is 74.2 Å². The molecule has 0 N–H and O–H groups in total. The van der Waals surface area contributed by atoms with Crippen molar-refractivity contribution in [2.24, 2.45) is 0 Å². The molecular weight excluding hydrogens is 334 g/mol. The second-order valence-corrected chi connectivity index (χ2v) is 8.98. The summed E-state index contributed by atoms with van der Waals surface area (Å²) in [6, 6.07) is 15.1. The molecule has 1 nitrogen and oxygen atoms in total. The third-order valence-electron chi connectivity index (χ3n) is 5.44. The molecule has 0 aliphatic carbocycles. The number of fused-ring (bicyclic) bond motifs is 3. The molecule has 2 aliphatic rings. The van der Waals surface area contributed by atoms with Gasteiger partial charge in [-0.3, -0.25) is 0 Å². The molecule has 24 heavy (non-hydrogen) atoms. The number of rotatable bonds is 2. The largest absolute Gasteiger partial charge is 0.352 e. The van der Waals surface area contributed by atoms with Crippen LogP contribution in [0.25, 0.3) is 6.08 Å². The van der Waals surface area contributed by atoms with Crippen LogP contribution >= 0.6 is 23.4 Å². The first-order valence-electron chi connectivity index (χ1n) is 8.42. The van der Waals surface area contributed by atoms with Crippen molar-refractivity contribution in [1.29, 1.82) is 0 Å². The van der Waals surface area contributed by atoms with Crippen LogP contribution in [0.2, 0.25) is 5.02 Å². The van der Waals surface area contributed by atoms with Gasteiger partial charge in [-0.2, -0.15) is 0 Å². The summed E-state index contributed by atoms with van der Waals surface area (Å²) in [6.45, 7) is 7.90. The zero-order chi connectivity index (χ0) is 16.9. The topological polar surface area (TPSA) is 3.24 Å². The lowest BCUT2D eigenvalue weighted by Gasteiger charge is -2.40. The van der Waals surface area contributed by atoms with Crippen LogP contribution < -0.4 is 4.90 Å². The minimum absolute atomic E-state index is 0.00952. The van der Waals surface area contributed by atoms with Crippen LogP contribution in [0.1, 0.15) is 30.5 Å². The van der Waals surface area contributed by atoms with Crippen LogP contribution in [-0.2, 0) is 5.41 Å². The molecule has 1 saturated heterocycles. The van der Waals surface area contributed by atoms with Crippen LogP contribution in [0.15, 0.2) is 48.5 Å². The molecule has 1 atom stereocenters. The summed E-state index contributed by atoms with van der Waals surface area (Å²) in [5.74, 6) is 1.16. The van der Waals surface area contributed by atoms with Gasteiger partial charge in [0.1, 0.15) is 4.87 Å². The molecule has 1 fully saturated rings. The standard InChI is InChI=1S/C21H22ClNS/c1-15-4-6-16(7-5-15)10-11-21-20(2,3)18-14-17(22)8-9-19(18)23(21)12-13-24-21/h4-11,14H,12-13H2,1-3H3/b11-10+. The summed E-state index contributed by atoms with van der Waals surface area (Å²) in [7, 11) is 0. The van der Waals surface area contributed by atoms with E-state index in [1.165, 1.54) is 22.4 Å². The average molecular weight is 356 g/mol.